The van der Waals surface area contributed by atoms with Crippen molar-refractivity contribution < 1.29 is 4.39 Å². The van der Waals surface area contributed by atoms with E-state index in [-0.39, 0.29) is 5.82 Å². The van der Waals surface area contributed by atoms with Crippen molar-refractivity contribution in [3.63, 3.8) is 0 Å². The van der Waals surface area contributed by atoms with Gasteiger partial charge in [-0.25, -0.2) is 4.39 Å². The number of benzene rings is 1. The molecule has 0 radical (unpaired) electrons. The fourth-order valence-electron chi connectivity index (χ4n) is 2.93. The van der Waals surface area contributed by atoms with E-state index >= 15 is 0 Å². The van der Waals surface area contributed by atoms with Crippen LogP contribution in [0.5, 0.6) is 0 Å². The van der Waals surface area contributed by atoms with Gasteiger partial charge in [-0.1, -0.05) is 25.8 Å². The second kappa shape index (κ2) is 6.30. The summed E-state index contributed by atoms with van der Waals surface area (Å²) in [5, 5.41) is 0. The molecule has 0 amide bonds. The predicted molar refractivity (Wildman–Crippen MR) is 72.6 cm³/mol. The molecule has 2 nitrogen and oxygen atoms in total. The Kier molecular flexibility index (Phi) is 4.72. The lowest BCUT2D eigenvalue weighted by molar-refractivity contribution is 0.199. The molecule has 2 rings (SSSR count). The maximum atomic E-state index is 13.2. The minimum atomic E-state index is -0.192. The van der Waals surface area contributed by atoms with Gasteiger partial charge in [0, 0.05) is 19.1 Å². The number of rotatable bonds is 5. The van der Waals surface area contributed by atoms with Gasteiger partial charge in [-0.15, -0.1) is 0 Å². The largest absolute Gasteiger partial charge is 0.326 e. The zero-order valence-corrected chi connectivity index (χ0v) is 11.2. The van der Waals surface area contributed by atoms with Crippen LogP contribution in [0.3, 0.4) is 0 Å². The molecule has 0 aliphatic heterocycles. The summed E-state index contributed by atoms with van der Waals surface area (Å²) < 4.78 is 13.2. The van der Waals surface area contributed by atoms with E-state index in [0.29, 0.717) is 12.6 Å². The van der Waals surface area contributed by atoms with Gasteiger partial charge in [0.25, 0.3) is 0 Å². The first-order valence-corrected chi connectivity index (χ1v) is 6.96. The molecule has 1 aliphatic carbocycles. The average Bonchev–Trinajstić information content (AvgIpc) is 2.91. The molecule has 100 valence electrons. The fourth-order valence-corrected chi connectivity index (χ4v) is 2.93. The van der Waals surface area contributed by atoms with E-state index in [1.165, 1.54) is 37.3 Å². The van der Waals surface area contributed by atoms with E-state index < -0.39 is 0 Å². The lowest BCUT2D eigenvalue weighted by atomic mass is 10.1. The van der Waals surface area contributed by atoms with Crippen LogP contribution in [-0.4, -0.2) is 17.5 Å². The number of halogens is 1. The second-order valence-corrected chi connectivity index (χ2v) is 5.12. The third-order valence-corrected chi connectivity index (χ3v) is 4.01. The van der Waals surface area contributed by atoms with Gasteiger partial charge in [-0.05, 0) is 42.6 Å². The number of hydrogen-bond acceptors (Lipinski definition) is 2. The monoisotopic (exact) mass is 250 g/mol. The van der Waals surface area contributed by atoms with E-state index in [1.807, 2.05) is 6.07 Å². The van der Waals surface area contributed by atoms with Crippen molar-refractivity contribution in [2.75, 3.05) is 6.54 Å². The van der Waals surface area contributed by atoms with Crippen LogP contribution >= 0.6 is 0 Å². The van der Waals surface area contributed by atoms with Crippen LogP contribution in [0, 0.1) is 5.82 Å². The normalized spacial score (nSPS) is 16.7. The molecule has 0 spiro atoms. The van der Waals surface area contributed by atoms with Gasteiger partial charge in [0.15, 0.2) is 0 Å². The lowest BCUT2D eigenvalue weighted by Gasteiger charge is -2.28. The Morgan fingerprint density at radius 1 is 1.28 bits per heavy atom. The Hall–Kier alpha value is -0.930. The molecular weight excluding hydrogens is 227 g/mol. The quantitative estimate of drug-likeness (QED) is 0.870. The Labute approximate surface area is 109 Å². The molecule has 1 saturated carbocycles. The SMILES string of the molecule is CCN(Cc1ccc(F)cc1CN)C1CCCC1. The highest BCUT2D eigenvalue weighted by molar-refractivity contribution is 5.27. The van der Waals surface area contributed by atoms with E-state index in [2.05, 4.69) is 11.8 Å². The van der Waals surface area contributed by atoms with Gasteiger partial charge in [-0.2, -0.15) is 0 Å². The van der Waals surface area contributed by atoms with Crippen molar-refractivity contribution in [1.82, 2.24) is 4.90 Å². The molecule has 0 atom stereocenters. The van der Waals surface area contributed by atoms with E-state index in [0.717, 1.165) is 18.7 Å². The number of hydrogen-bond donors (Lipinski definition) is 1. The summed E-state index contributed by atoms with van der Waals surface area (Å²) in [6.45, 7) is 4.55. The molecule has 0 saturated heterocycles. The van der Waals surface area contributed by atoms with Crippen LogP contribution < -0.4 is 5.73 Å². The Morgan fingerprint density at radius 2 is 2.00 bits per heavy atom. The first-order valence-electron chi connectivity index (χ1n) is 6.96. The van der Waals surface area contributed by atoms with Gasteiger partial charge in [0.2, 0.25) is 0 Å². The summed E-state index contributed by atoms with van der Waals surface area (Å²) in [6.07, 6.45) is 5.28. The third kappa shape index (κ3) is 3.09. The van der Waals surface area contributed by atoms with Crippen molar-refractivity contribution in [3.8, 4) is 0 Å². The number of nitrogens with two attached hydrogens (primary N) is 1. The number of nitrogens with zero attached hydrogens (tertiary/aromatic N) is 1. The summed E-state index contributed by atoms with van der Waals surface area (Å²) >= 11 is 0. The fraction of sp³-hybridized carbons (Fsp3) is 0.600. The summed E-state index contributed by atoms with van der Waals surface area (Å²) in [5.74, 6) is -0.192. The average molecular weight is 250 g/mol. The van der Waals surface area contributed by atoms with Crippen LogP contribution in [0.2, 0.25) is 0 Å². The van der Waals surface area contributed by atoms with Gasteiger partial charge in [0.05, 0.1) is 0 Å². The van der Waals surface area contributed by atoms with E-state index in [1.54, 1.807) is 6.07 Å². The van der Waals surface area contributed by atoms with Crippen molar-refractivity contribution in [1.29, 1.82) is 0 Å². The second-order valence-electron chi connectivity index (χ2n) is 5.12. The zero-order valence-electron chi connectivity index (χ0n) is 11.2. The van der Waals surface area contributed by atoms with Crippen LogP contribution in [0.4, 0.5) is 4.39 Å². The molecule has 1 aliphatic rings. The molecule has 0 unspecified atom stereocenters. The molecule has 0 aromatic heterocycles. The molecule has 0 bridgehead atoms. The van der Waals surface area contributed by atoms with Crippen molar-refractivity contribution >= 4 is 0 Å². The molecule has 2 N–H and O–H groups in total. The Balaban J connectivity index is 2.10. The zero-order chi connectivity index (χ0) is 13.0. The molecule has 18 heavy (non-hydrogen) atoms. The molecule has 1 aromatic carbocycles. The van der Waals surface area contributed by atoms with Crippen molar-refractivity contribution in [3.05, 3.63) is 35.1 Å². The van der Waals surface area contributed by atoms with E-state index in [4.69, 9.17) is 5.73 Å². The topological polar surface area (TPSA) is 29.3 Å². The van der Waals surface area contributed by atoms with Crippen LogP contribution in [0.1, 0.15) is 43.7 Å². The summed E-state index contributed by atoms with van der Waals surface area (Å²) in [6, 6.07) is 5.69. The highest BCUT2D eigenvalue weighted by Gasteiger charge is 2.21. The molecule has 1 aromatic rings. The standard InChI is InChI=1S/C15H23FN2/c1-2-18(15-5-3-4-6-15)11-12-7-8-14(16)9-13(12)10-17/h7-9,15H,2-6,10-11,17H2,1H3. The highest BCUT2D eigenvalue weighted by Crippen LogP contribution is 2.25. The maximum absolute atomic E-state index is 13.2. The van der Waals surface area contributed by atoms with Gasteiger partial charge in [-0.3, -0.25) is 4.90 Å². The van der Waals surface area contributed by atoms with E-state index in [9.17, 15) is 4.39 Å². The smallest absolute Gasteiger partial charge is 0.123 e. The molecule has 0 heterocycles. The third-order valence-electron chi connectivity index (χ3n) is 4.01. The summed E-state index contributed by atoms with van der Waals surface area (Å²) in [5.41, 5.74) is 7.82. The summed E-state index contributed by atoms with van der Waals surface area (Å²) in [4.78, 5) is 2.50. The first-order chi connectivity index (χ1) is 8.74. The minimum absolute atomic E-state index is 0.192. The van der Waals surface area contributed by atoms with Gasteiger partial charge >= 0.3 is 0 Å². The highest BCUT2D eigenvalue weighted by atomic mass is 19.1. The van der Waals surface area contributed by atoms with Gasteiger partial charge < -0.3 is 5.73 Å². The lowest BCUT2D eigenvalue weighted by Crippen LogP contribution is -2.32. The predicted octanol–water partition coefficient (Wildman–Crippen LogP) is 3.05. The summed E-state index contributed by atoms with van der Waals surface area (Å²) in [7, 11) is 0. The van der Waals surface area contributed by atoms with Gasteiger partial charge in [0.1, 0.15) is 5.82 Å². The van der Waals surface area contributed by atoms with Crippen molar-refractivity contribution in [2.45, 2.75) is 51.7 Å². The van der Waals surface area contributed by atoms with Crippen LogP contribution in [0.15, 0.2) is 18.2 Å². The van der Waals surface area contributed by atoms with Crippen LogP contribution in [-0.2, 0) is 13.1 Å². The molecule has 1 fully saturated rings. The molecule has 3 heteroatoms. The Morgan fingerprint density at radius 3 is 2.61 bits per heavy atom. The van der Waals surface area contributed by atoms with Crippen molar-refractivity contribution in [2.24, 2.45) is 5.73 Å². The maximum Gasteiger partial charge on any atom is 0.123 e. The minimum Gasteiger partial charge on any atom is -0.326 e. The molecular formula is C15H23FN2. The Bertz CT molecular complexity index is 386. The van der Waals surface area contributed by atoms with Crippen LogP contribution in [0.25, 0.3) is 0 Å². The first kappa shape index (κ1) is 13.5.